The number of carbonyl (C=O) groups is 2. The summed E-state index contributed by atoms with van der Waals surface area (Å²) in [4.78, 5) is 29.6. The minimum absolute atomic E-state index is 0.0778. The molecule has 34 heavy (non-hydrogen) atoms. The summed E-state index contributed by atoms with van der Waals surface area (Å²) < 4.78 is 52.0. The van der Waals surface area contributed by atoms with Crippen molar-refractivity contribution in [3.8, 4) is 5.75 Å². The summed E-state index contributed by atoms with van der Waals surface area (Å²) in [7, 11) is 1.51. The molecule has 4 rings (SSSR count). The first-order chi connectivity index (χ1) is 16.2. The van der Waals surface area contributed by atoms with Crippen LogP contribution in [0.15, 0.2) is 59.8 Å². The van der Waals surface area contributed by atoms with E-state index in [1.807, 2.05) is 0 Å². The van der Waals surface area contributed by atoms with Crippen molar-refractivity contribution in [3.63, 3.8) is 0 Å². The van der Waals surface area contributed by atoms with Crippen LogP contribution in [0.5, 0.6) is 5.75 Å². The van der Waals surface area contributed by atoms with Gasteiger partial charge in [0.25, 0.3) is 5.91 Å². The Morgan fingerprint density at radius 1 is 1.09 bits per heavy atom. The summed E-state index contributed by atoms with van der Waals surface area (Å²) in [5, 5.41) is 2.64. The summed E-state index contributed by atoms with van der Waals surface area (Å²) in [5.41, 5.74) is -0.306. The number of alkyl halides is 3. The van der Waals surface area contributed by atoms with Gasteiger partial charge in [0, 0.05) is 18.8 Å². The van der Waals surface area contributed by atoms with E-state index in [-0.39, 0.29) is 16.8 Å². The lowest BCUT2D eigenvalue weighted by atomic mass is 9.90. The first-order valence-electron chi connectivity index (χ1n) is 10.7. The molecule has 1 N–H and O–H groups in total. The van der Waals surface area contributed by atoms with E-state index >= 15 is 0 Å². The average molecular weight is 475 g/mol. The largest absolute Gasteiger partial charge is 0.497 e. The molecule has 1 fully saturated rings. The van der Waals surface area contributed by atoms with E-state index in [2.05, 4.69) is 5.32 Å². The van der Waals surface area contributed by atoms with Gasteiger partial charge in [0.05, 0.1) is 43.2 Å². The van der Waals surface area contributed by atoms with Gasteiger partial charge in [-0.05, 0) is 42.8 Å². The molecule has 0 saturated carbocycles. The van der Waals surface area contributed by atoms with Crippen LogP contribution in [0.4, 0.5) is 23.7 Å². The van der Waals surface area contributed by atoms with Gasteiger partial charge in [-0.1, -0.05) is 18.2 Å². The molecule has 2 aromatic rings. The zero-order valence-corrected chi connectivity index (χ0v) is 18.7. The van der Waals surface area contributed by atoms with Gasteiger partial charge in [0.1, 0.15) is 5.75 Å². The van der Waals surface area contributed by atoms with Crippen molar-refractivity contribution in [2.75, 3.05) is 38.3 Å². The zero-order chi connectivity index (χ0) is 24.5. The molecule has 0 aromatic heterocycles. The SMILES string of the molecule is COc1ccc(N2C(=O)N[C@H](c3ccccc3C(F)(F)F)C(C(=O)N3CCOCC3)=C2C)cc1. The monoisotopic (exact) mass is 475 g/mol. The number of morpholine rings is 1. The lowest BCUT2D eigenvalue weighted by Gasteiger charge is -2.38. The molecule has 2 aliphatic rings. The van der Waals surface area contributed by atoms with E-state index in [9.17, 15) is 22.8 Å². The lowest BCUT2D eigenvalue weighted by Crippen LogP contribution is -2.51. The predicted molar refractivity (Wildman–Crippen MR) is 118 cm³/mol. The number of allylic oxidation sites excluding steroid dienone is 1. The van der Waals surface area contributed by atoms with Crippen LogP contribution in [-0.4, -0.2) is 50.3 Å². The third-order valence-electron chi connectivity index (χ3n) is 5.92. The number of nitrogens with zero attached hydrogens (tertiary/aromatic N) is 2. The maximum Gasteiger partial charge on any atom is 0.416 e. The number of rotatable bonds is 4. The molecular weight excluding hydrogens is 451 g/mol. The van der Waals surface area contributed by atoms with Crippen LogP contribution in [0.25, 0.3) is 0 Å². The molecule has 2 aromatic carbocycles. The molecule has 0 bridgehead atoms. The molecule has 3 amide bonds. The molecule has 180 valence electrons. The van der Waals surface area contributed by atoms with Crippen LogP contribution in [0, 0.1) is 0 Å². The van der Waals surface area contributed by atoms with Crippen LogP contribution < -0.4 is 15.0 Å². The molecule has 1 saturated heterocycles. The molecule has 2 heterocycles. The van der Waals surface area contributed by atoms with Crippen molar-refractivity contribution in [2.45, 2.75) is 19.1 Å². The van der Waals surface area contributed by atoms with Crippen molar-refractivity contribution in [1.29, 1.82) is 0 Å². The average Bonchev–Trinajstić information content (AvgIpc) is 2.84. The highest BCUT2D eigenvalue weighted by Crippen LogP contribution is 2.40. The van der Waals surface area contributed by atoms with Gasteiger partial charge in [0.15, 0.2) is 0 Å². The number of benzene rings is 2. The first-order valence-corrected chi connectivity index (χ1v) is 10.7. The molecule has 0 radical (unpaired) electrons. The van der Waals surface area contributed by atoms with E-state index < -0.39 is 29.7 Å². The zero-order valence-electron chi connectivity index (χ0n) is 18.7. The second-order valence-electron chi connectivity index (χ2n) is 7.90. The van der Waals surface area contributed by atoms with Gasteiger partial charge >= 0.3 is 12.2 Å². The van der Waals surface area contributed by atoms with Crippen molar-refractivity contribution in [1.82, 2.24) is 10.2 Å². The lowest BCUT2D eigenvalue weighted by molar-refractivity contribution is -0.139. The number of methoxy groups -OCH3 is 1. The highest BCUT2D eigenvalue weighted by atomic mass is 19.4. The van der Waals surface area contributed by atoms with Gasteiger partial charge in [-0.3, -0.25) is 9.69 Å². The Kier molecular flexibility index (Phi) is 6.52. The molecule has 1 atom stereocenters. The van der Waals surface area contributed by atoms with E-state index in [0.717, 1.165) is 6.07 Å². The molecule has 0 unspecified atom stereocenters. The van der Waals surface area contributed by atoms with Crippen molar-refractivity contribution < 1.29 is 32.2 Å². The second kappa shape index (κ2) is 9.38. The first kappa shape index (κ1) is 23.6. The summed E-state index contributed by atoms with van der Waals surface area (Å²) in [5.74, 6) is 0.130. The second-order valence-corrected chi connectivity index (χ2v) is 7.90. The number of hydrogen-bond acceptors (Lipinski definition) is 4. The van der Waals surface area contributed by atoms with Crippen molar-refractivity contribution in [2.24, 2.45) is 0 Å². The molecule has 2 aliphatic heterocycles. The molecule has 0 spiro atoms. The number of hydrogen-bond donors (Lipinski definition) is 1. The molecule has 10 heteroatoms. The summed E-state index contributed by atoms with van der Waals surface area (Å²) >= 11 is 0. The van der Waals surface area contributed by atoms with Crippen LogP contribution in [-0.2, 0) is 15.7 Å². The van der Waals surface area contributed by atoms with Gasteiger partial charge in [0.2, 0.25) is 0 Å². The van der Waals surface area contributed by atoms with Gasteiger partial charge < -0.3 is 19.7 Å². The maximum atomic E-state index is 13.8. The predicted octanol–water partition coefficient (Wildman–Crippen LogP) is 4.12. The van der Waals surface area contributed by atoms with Crippen LogP contribution >= 0.6 is 0 Å². The number of ether oxygens (including phenoxy) is 2. The Bertz CT molecular complexity index is 1110. The number of carbonyl (C=O) groups excluding carboxylic acids is 2. The fourth-order valence-corrected chi connectivity index (χ4v) is 4.24. The van der Waals surface area contributed by atoms with E-state index in [1.165, 1.54) is 35.1 Å². The Hall–Kier alpha value is -3.53. The highest BCUT2D eigenvalue weighted by molar-refractivity contribution is 6.05. The number of urea groups is 1. The van der Waals surface area contributed by atoms with E-state index in [4.69, 9.17) is 9.47 Å². The van der Waals surface area contributed by atoms with Crippen LogP contribution in [0.3, 0.4) is 0 Å². The quantitative estimate of drug-likeness (QED) is 0.723. The standard InChI is InChI=1S/C24H24F3N3O4/c1-15-20(22(31)29-11-13-34-14-12-29)21(18-5-3-4-6-19(18)24(25,26)27)28-23(32)30(15)16-7-9-17(33-2)10-8-16/h3-10,21H,11-14H2,1-2H3,(H,28,32)/t21-/m1/s1. The van der Waals surface area contributed by atoms with Gasteiger partial charge in [-0.2, -0.15) is 13.2 Å². The minimum Gasteiger partial charge on any atom is -0.497 e. The van der Waals surface area contributed by atoms with Gasteiger partial charge in [-0.15, -0.1) is 0 Å². The van der Waals surface area contributed by atoms with Crippen molar-refractivity contribution in [3.05, 3.63) is 70.9 Å². The summed E-state index contributed by atoms with van der Waals surface area (Å²) in [6.07, 6.45) is -4.66. The Balaban J connectivity index is 1.86. The molecule has 0 aliphatic carbocycles. The number of nitrogens with one attached hydrogen (secondary N) is 1. The third-order valence-corrected chi connectivity index (χ3v) is 5.92. The molecule has 7 nitrogen and oxygen atoms in total. The van der Waals surface area contributed by atoms with Crippen LogP contribution in [0.1, 0.15) is 24.1 Å². The fraction of sp³-hybridized carbons (Fsp3) is 0.333. The normalized spacial score (nSPS) is 19.2. The molecular formula is C24H24F3N3O4. The Labute approximate surface area is 194 Å². The number of anilines is 1. The third kappa shape index (κ3) is 4.45. The van der Waals surface area contributed by atoms with Crippen LogP contribution in [0.2, 0.25) is 0 Å². The Morgan fingerprint density at radius 2 is 1.74 bits per heavy atom. The van der Waals surface area contributed by atoms with Gasteiger partial charge in [-0.25, -0.2) is 4.79 Å². The number of amides is 3. The Morgan fingerprint density at radius 3 is 2.35 bits per heavy atom. The summed E-state index contributed by atoms with van der Waals surface area (Å²) in [6, 6.07) is 9.66. The fourth-order valence-electron chi connectivity index (χ4n) is 4.24. The smallest absolute Gasteiger partial charge is 0.416 e. The minimum atomic E-state index is -4.66. The van der Waals surface area contributed by atoms with E-state index in [1.54, 1.807) is 31.2 Å². The maximum absolute atomic E-state index is 13.8. The summed E-state index contributed by atoms with van der Waals surface area (Å²) in [6.45, 7) is 2.84. The number of halogens is 3. The van der Waals surface area contributed by atoms with Crippen molar-refractivity contribution >= 4 is 17.6 Å². The van der Waals surface area contributed by atoms with E-state index in [0.29, 0.717) is 37.7 Å². The highest BCUT2D eigenvalue weighted by Gasteiger charge is 2.42. The topological polar surface area (TPSA) is 71.1 Å².